The first-order chi connectivity index (χ1) is 18.7. The fraction of sp³-hybridized carbons (Fsp3) is 0.484. The van der Waals surface area contributed by atoms with E-state index in [0.717, 1.165) is 36.8 Å². The van der Waals surface area contributed by atoms with Crippen LogP contribution in [-0.2, 0) is 46.2 Å². The summed E-state index contributed by atoms with van der Waals surface area (Å²) in [4.78, 5) is 48.5. The Morgan fingerprint density at radius 2 is 1.15 bits per heavy atom. The van der Waals surface area contributed by atoms with Gasteiger partial charge in [-0.15, -0.1) is 0 Å². The Morgan fingerprint density at radius 3 is 1.69 bits per heavy atom. The molecule has 0 aliphatic rings. The third-order valence-corrected chi connectivity index (χ3v) is 6.30. The first kappa shape index (κ1) is 31.5. The van der Waals surface area contributed by atoms with Crippen molar-refractivity contribution in [3.63, 3.8) is 0 Å². The molecule has 0 fully saturated rings. The lowest BCUT2D eigenvalue weighted by molar-refractivity contribution is -0.190. The standard InChI is InChI=1S/C31H40O8/c1-23(37-29(34)21-25-15-9-7-10-16-25)27(19-13-5-3-4-6-14-20-28(32)33)31(36)39-24(2)38-30(35)22-26-17-11-8-12-18-26/h7-12,15-18,23-24,27H,3-6,13-14,19-22H2,1-2H3,(H,32,33). The minimum atomic E-state index is -1.09. The van der Waals surface area contributed by atoms with Crippen LogP contribution in [0.3, 0.4) is 0 Å². The van der Waals surface area contributed by atoms with Gasteiger partial charge in [0.05, 0.1) is 18.8 Å². The van der Waals surface area contributed by atoms with Crippen LogP contribution in [0.2, 0.25) is 0 Å². The lowest BCUT2D eigenvalue weighted by atomic mass is 9.95. The van der Waals surface area contributed by atoms with Crippen molar-refractivity contribution in [1.29, 1.82) is 0 Å². The summed E-state index contributed by atoms with van der Waals surface area (Å²) in [5.41, 5.74) is 1.61. The van der Waals surface area contributed by atoms with Crippen molar-refractivity contribution in [2.24, 2.45) is 5.92 Å². The van der Waals surface area contributed by atoms with E-state index in [2.05, 4.69) is 0 Å². The highest BCUT2D eigenvalue weighted by molar-refractivity contribution is 5.76. The van der Waals surface area contributed by atoms with Gasteiger partial charge in [-0.1, -0.05) is 92.8 Å². The van der Waals surface area contributed by atoms with E-state index in [1.54, 1.807) is 6.92 Å². The molecule has 0 saturated carbocycles. The second-order valence-electron chi connectivity index (χ2n) is 9.67. The van der Waals surface area contributed by atoms with Crippen molar-refractivity contribution in [2.45, 2.75) is 90.4 Å². The molecule has 39 heavy (non-hydrogen) atoms. The number of esters is 3. The van der Waals surface area contributed by atoms with Gasteiger partial charge in [-0.3, -0.25) is 19.2 Å². The van der Waals surface area contributed by atoms with Gasteiger partial charge in [-0.25, -0.2) is 0 Å². The number of carbonyl (C=O) groups is 4. The summed E-state index contributed by atoms with van der Waals surface area (Å²) in [7, 11) is 0. The molecule has 1 N–H and O–H groups in total. The number of benzene rings is 2. The van der Waals surface area contributed by atoms with Crippen LogP contribution in [0, 0.1) is 5.92 Å². The average Bonchev–Trinajstić information content (AvgIpc) is 2.88. The molecule has 0 aliphatic heterocycles. The largest absolute Gasteiger partial charge is 0.481 e. The molecule has 2 rings (SSSR count). The number of carboxylic acids is 1. The number of hydrogen-bond acceptors (Lipinski definition) is 7. The van der Waals surface area contributed by atoms with Crippen LogP contribution in [0.5, 0.6) is 0 Å². The SMILES string of the molecule is CC(OC(=O)Cc1ccccc1)OC(=O)C(CCCCCCCCC(=O)O)C(C)OC(=O)Cc1ccccc1. The molecule has 2 aromatic carbocycles. The van der Waals surface area contributed by atoms with Gasteiger partial charge in [0.15, 0.2) is 0 Å². The maximum Gasteiger partial charge on any atom is 0.315 e. The number of carboxylic acid groups (broad SMARTS) is 1. The van der Waals surface area contributed by atoms with E-state index in [4.69, 9.17) is 19.3 Å². The summed E-state index contributed by atoms with van der Waals surface area (Å²) in [6, 6.07) is 18.3. The Hall–Kier alpha value is -3.68. The molecule has 0 bridgehead atoms. The molecule has 0 spiro atoms. The number of rotatable bonds is 18. The third kappa shape index (κ3) is 13.6. The second-order valence-corrected chi connectivity index (χ2v) is 9.67. The van der Waals surface area contributed by atoms with E-state index in [-0.39, 0.29) is 19.3 Å². The van der Waals surface area contributed by atoms with Crippen LogP contribution in [-0.4, -0.2) is 41.4 Å². The minimum absolute atomic E-state index is 0.0616. The van der Waals surface area contributed by atoms with Crippen LogP contribution in [0.1, 0.15) is 76.3 Å². The highest BCUT2D eigenvalue weighted by Gasteiger charge is 2.31. The summed E-state index contributed by atoms with van der Waals surface area (Å²) in [6.45, 7) is 3.16. The number of hydrogen-bond donors (Lipinski definition) is 1. The molecule has 8 heteroatoms. The number of carbonyl (C=O) groups excluding carboxylic acids is 3. The summed E-state index contributed by atoms with van der Waals surface area (Å²) in [5, 5.41) is 8.73. The van der Waals surface area contributed by atoms with Gasteiger partial charge in [-0.2, -0.15) is 0 Å². The molecule has 212 valence electrons. The van der Waals surface area contributed by atoms with E-state index in [1.165, 1.54) is 6.92 Å². The van der Waals surface area contributed by atoms with Gasteiger partial charge >= 0.3 is 23.9 Å². The Morgan fingerprint density at radius 1 is 0.667 bits per heavy atom. The molecule has 0 amide bonds. The summed E-state index contributed by atoms with van der Waals surface area (Å²) in [5.74, 6) is -3.04. The van der Waals surface area contributed by atoms with Crippen LogP contribution in [0.4, 0.5) is 0 Å². The molecule has 0 radical (unpaired) electrons. The summed E-state index contributed by atoms with van der Waals surface area (Å²) in [6.07, 6.45) is 3.85. The Kier molecular flexibility index (Phi) is 14.4. The quantitative estimate of drug-likeness (QED) is 0.146. The Labute approximate surface area is 230 Å². The molecule has 2 aromatic rings. The van der Waals surface area contributed by atoms with Gasteiger partial charge in [0, 0.05) is 13.3 Å². The lowest BCUT2D eigenvalue weighted by Crippen LogP contribution is -2.35. The second kappa shape index (κ2) is 17.8. The van der Waals surface area contributed by atoms with Gasteiger partial charge in [0.25, 0.3) is 0 Å². The molecular formula is C31H40O8. The maximum atomic E-state index is 13.1. The smallest absolute Gasteiger partial charge is 0.315 e. The molecule has 0 saturated heterocycles. The van der Waals surface area contributed by atoms with E-state index in [1.807, 2.05) is 60.7 Å². The number of aliphatic carboxylic acids is 1. The number of unbranched alkanes of at least 4 members (excludes halogenated alkanes) is 5. The van der Waals surface area contributed by atoms with E-state index in [0.29, 0.717) is 19.3 Å². The van der Waals surface area contributed by atoms with Gasteiger partial charge in [0.1, 0.15) is 6.10 Å². The van der Waals surface area contributed by atoms with E-state index in [9.17, 15) is 19.2 Å². The monoisotopic (exact) mass is 540 g/mol. The van der Waals surface area contributed by atoms with Crippen LogP contribution in [0.25, 0.3) is 0 Å². The molecule has 0 heterocycles. The molecule has 3 unspecified atom stereocenters. The van der Waals surface area contributed by atoms with Crippen LogP contribution < -0.4 is 0 Å². The molecule has 0 aliphatic carbocycles. The first-order valence-corrected chi connectivity index (χ1v) is 13.6. The topological polar surface area (TPSA) is 116 Å². The zero-order chi connectivity index (χ0) is 28.5. The fourth-order valence-electron chi connectivity index (χ4n) is 4.25. The van der Waals surface area contributed by atoms with Gasteiger partial charge in [0.2, 0.25) is 6.29 Å². The maximum absolute atomic E-state index is 13.1. The highest BCUT2D eigenvalue weighted by atomic mass is 16.7. The molecular weight excluding hydrogens is 500 g/mol. The Balaban J connectivity index is 1.89. The van der Waals surface area contributed by atoms with Crippen molar-refractivity contribution in [1.82, 2.24) is 0 Å². The van der Waals surface area contributed by atoms with Crippen molar-refractivity contribution < 1.29 is 38.5 Å². The summed E-state index contributed by atoms with van der Waals surface area (Å²) < 4.78 is 16.3. The van der Waals surface area contributed by atoms with E-state index < -0.39 is 42.2 Å². The molecule has 0 aromatic heterocycles. The average molecular weight is 541 g/mol. The Bertz CT molecular complexity index is 1020. The fourth-order valence-corrected chi connectivity index (χ4v) is 4.25. The first-order valence-electron chi connectivity index (χ1n) is 13.6. The normalized spacial score (nSPS) is 13.1. The minimum Gasteiger partial charge on any atom is -0.481 e. The van der Waals surface area contributed by atoms with Crippen molar-refractivity contribution in [3.05, 3.63) is 71.8 Å². The van der Waals surface area contributed by atoms with E-state index >= 15 is 0 Å². The number of ether oxygens (including phenoxy) is 3. The van der Waals surface area contributed by atoms with Crippen molar-refractivity contribution in [3.8, 4) is 0 Å². The van der Waals surface area contributed by atoms with Crippen LogP contribution >= 0.6 is 0 Å². The highest BCUT2D eigenvalue weighted by Crippen LogP contribution is 2.21. The third-order valence-electron chi connectivity index (χ3n) is 6.30. The van der Waals surface area contributed by atoms with Crippen molar-refractivity contribution >= 4 is 23.9 Å². The predicted octanol–water partition coefficient (Wildman–Crippen LogP) is 5.66. The summed E-state index contributed by atoms with van der Waals surface area (Å²) >= 11 is 0. The lowest BCUT2D eigenvalue weighted by Gasteiger charge is -2.24. The van der Waals surface area contributed by atoms with Crippen molar-refractivity contribution in [2.75, 3.05) is 0 Å². The zero-order valence-electron chi connectivity index (χ0n) is 22.9. The predicted molar refractivity (Wildman–Crippen MR) is 146 cm³/mol. The molecule has 3 atom stereocenters. The zero-order valence-corrected chi connectivity index (χ0v) is 22.9. The van der Waals surface area contributed by atoms with Crippen LogP contribution in [0.15, 0.2) is 60.7 Å². The van der Waals surface area contributed by atoms with Gasteiger partial charge < -0.3 is 19.3 Å². The van der Waals surface area contributed by atoms with Gasteiger partial charge in [-0.05, 0) is 30.9 Å². The molecule has 8 nitrogen and oxygen atoms in total.